The van der Waals surface area contributed by atoms with Crippen LogP contribution in [0.4, 0.5) is 0 Å². The van der Waals surface area contributed by atoms with Crippen molar-refractivity contribution in [3.63, 3.8) is 0 Å². The van der Waals surface area contributed by atoms with Crippen LogP contribution in [0.2, 0.25) is 0 Å². The number of aliphatic hydroxyl groups is 1. The highest BCUT2D eigenvalue weighted by Gasteiger charge is 2.14. The standard InChI is InChI=1S/C13H22N2O2S/c16-13(10-15-4-6-17-7-5-15)9-14-3-1-12-2-8-18-11-12/h2,8,11,13-14,16H,1,3-7,9-10H2. The van der Waals surface area contributed by atoms with Crippen molar-refractivity contribution in [3.8, 4) is 0 Å². The van der Waals surface area contributed by atoms with Gasteiger partial charge in [-0.25, -0.2) is 0 Å². The van der Waals surface area contributed by atoms with E-state index >= 15 is 0 Å². The molecule has 0 spiro atoms. The first kappa shape index (κ1) is 14.0. The quantitative estimate of drug-likeness (QED) is 0.711. The maximum Gasteiger partial charge on any atom is 0.0791 e. The summed E-state index contributed by atoms with van der Waals surface area (Å²) >= 11 is 1.73. The van der Waals surface area contributed by atoms with Crippen LogP contribution in [0, 0.1) is 0 Å². The Balaban J connectivity index is 1.52. The third kappa shape index (κ3) is 5.04. The molecular formula is C13H22N2O2S. The fourth-order valence-electron chi connectivity index (χ4n) is 2.08. The molecule has 1 atom stereocenters. The highest BCUT2D eigenvalue weighted by Crippen LogP contribution is 2.05. The van der Waals surface area contributed by atoms with E-state index in [1.165, 1.54) is 5.56 Å². The maximum atomic E-state index is 9.92. The summed E-state index contributed by atoms with van der Waals surface area (Å²) in [6.07, 6.45) is 0.749. The molecule has 102 valence electrons. The molecule has 0 radical (unpaired) electrons. The van der Waals surface area contributed by atoms with Gasteiger partial charge in [0.15, 0.2) is 0 Å². The maximum absolute atomic E-state index is 9.92. The summed E-state index contributed by atoms with van der Waals surface area (Å²) in [7, 11) is 0. The minimum atomic E-state index is -0.287. The van der Waals surface area contributed by atoms with E-state index in [9.17, 15) is 5.11 Å². The molecule has 1 saturated heterocycles. The highest BCUT2D eigenvalue weighted by molar-refractivity contribution is 7.07. The van der Waals surface area contributed by atoms with Crippen LogP contribution in [0.5, 0.6) is 0 Å². The lowest BCUT2D eigenvalue weighted by Crippen LogP contribution is -2.43. The van der Waals surface area contributed by atoms with Gasteiger partial charge in [0, 0.05) is 26.2 Å². The normalized spacial score (nSPS) is 18.9. The molecule has 2 N–H and O–H groups in total. The van der Waals surface area contributed by atoms with Crippen molar-refractivity contribution in [2.45, 2.75) is 12.5 Å². The van der Waals surface area contributed by atoms with E-state index in [-0.39, 0.29) is 6.10 Å². The summed E-state index contributed by atoms with van der Waals surface area (Å²) in [6, 6.07) is 2.15. The molecule has 4 nitrogen and oxygen atoms in total. The van der Waals surface area contributed by atoms with Gasteiger partial charge in [0.25, 0.3) is 0 Å². The largest absolute Gasteiger partial charge is 0.390 e. The fourth-order valence-corrected chi connectivity index (χ4v) is 2.79. The molecule has 18 heavy (non-hydrogen) atoms. The Bertz CT molecular complexity index is 313. The molecule has 1 aromatic rings. The van der Waals surface area contributed by atoms with E-state index in [4.69, 9.17) is 4.74 Å². The number of hydrogen-bond donors (Lipinski definition) is 2. The molecule has 0 amide bonds. The van der Waals surface area contributed by atoms with Crippen LogP contribution in [0.15, 0.2) is 16.8 Å². The van der Waals surface area contributed by atoms with Crippen molar-refractivity contribution in [1.29, 1.82) is 0 Å². The first-order chi connectivity index (χ1) is 8.84. The smallest absolute Gasteiger partial charge is 0.0791 e. The molecule has 2 heterocycles. The molecule has 1 unspecified atom stereocenters. The molecule has 2 rings (SSSR count). The second-order valence-electron chi connectivity index (χ2n) is 4.65. The predicted octanol–water partition coefficient (Wildman–Crippen LogP) is 0.573. The second kappa shape index (κ2) is 7.86. The first-order valence-electron chi connectivity index (χ1n) is 6.54. The lowest BCUT2D eigenvalue weighted by atomic mass is 10.2. The molecule has 0 bridgehead atoms. The zero-order valence-electron chi connectivity index (χ0n) is 10.7. The van der Waals surface area contributed by atoms with Crippen molar-refractivity contribution in [3.05, 3.63) is 22.4 Å². The molecule has 5 heteroatoms. The zero-order chi connectivity index (χ0) is 12.6. The van der Waals surface area contributed by atoms with Crippen LogP contribution in [0.25, 0.3) is 0 Å². The lowest BCUT2D eigenvalue weighted by Gasteiger charge is -2.28. The van der Waals surface area contributed by atoms with Crippen molar-refractivity contribution < 1.29 is 9.84 Å². The first-order valence-corrected chi connectivity index (χ1v) is 7.49. The summed E-state index contributed by atoms with van der Waals surface area (Å²) in [5.74, 6) is 0. The van der Waals surface area contributed by atoms with Crippen LogP contribution in [0.3, 0.4) is 0 Å². The van der Waals surface area contributed by atoms with Crippen molar-refractivity contribution >= 4 is 11.3 Å². The van der Waals surface area contributed by atoms with E-state index in [2.05, 4.69) is 27.0 Å². The molecular weight excluding hydrogens is 248 g/mol. The molecule has 0 saturated carbocycles. The van der Waals surface area contributed by atoms with Crippen LogP contribution >= 0.6 is 11.3 Å². The van der Waals surface area contributed by atoms with E-state index in [0.29, 0.717) is 6.54 Å². The third-order valence-electron chi connectivity index (χ3n) is 3.12. The summed E-state index contributed by atoms with van der Waals surface area (Å²) in [6.45, 7) is 5.79. The van der Waals surface area contributed by atoms with Crippen LogP contribution in [0.1, 0.15) is 5.56 Å². The van der Waals surface area contributed by atoms with Gasteiger partial charge in [-0.1, -0.05) is 0 Å². The Hall–Kier alpha value is -0.460. The van der Waals surface area contributed by atoms with Gasteiger partial charge in [-0.15, -0.1) is 0 Å². The van der Waals surface area contributed by atoms with E-state index in [0.717, 1.165) is 45.8 Å². The topological polar surface area (TPSA) is 44.7 Å². The summed E-state index contributed by atoms with van der Waals surface area (Å²) < 4.78 is 5.28. The third-order valence-corrected chi connectivity index (χ3v) is 3.86. The Morgan fingerprint density at radius 2 is 2.28 bits per heavy atom. The van der Waals surface area contributed by atoms with Crippen molar-refractivity contribution in [2.75, 3.05) is 45.9 Å². The van der Waals surface area contributed by atoms with Gasteiger partial charge in [-0.3, -0.25) is 4.90 Å². The number of β-amino-alcohol motifs (C(OH)–C–C–N with tert-alkyl or cyclic N) is 1. The van der Waals surface area contributed by atoms with E-state index in [1.54, 1.807) is 11.3 Å². The molecule has 1 aromatic heterocycles. The van der Waals surface area contributed by atoms with Gasteiger partial charge in [0.2, 0.25) is 0 Å². The van der Waals surface area contributed by atoms with E-state index < -0.39 is 0 Å². The lowest BCUT2D eigenvalue weighted by molar-refractivity contribution is 0.0150. The van der Waals surface area contributed by atoms with Gasteiger partial charge < -0.3 is 15.2 Å². The Kier molecular flexibility index (Phi) is 6.10. The fraction of sp³-hybridized carbons (Fsp3) is 0.692. The Morgan fingerprint density at radius 3 is 3.00 bits per heavy atom. The molecule has 1 aliphatic rings. The predicted molar refractivity (Wildman–Crippen MR) is 74.2 cm³/mol. The van der Waals surface area contributed by atoms with Gasteiger partial charge in [0.05, 0.1) is 19.3 Å². The Labute approximate surface area is 113 Å². The number of aliphatic hydroxyl groups excluding tert-OH is 1. The SMILES string of the molecule is OC(CNCCc1ccsc1)CN1CCOCC1. The number of thiophene rings is 1. The van der Waals surface area contributed by atoms with Gasteiger partial charge in [-0.2, -0.15) is 11.3 Å². The Morgan fingerprint density at radius 1 is 1.44 bits per heavy atom. The number of nitrogens with one attached hydrogen (secondary N) is 1. The summed E-state index contributed by atoms with van der Waals surface area (Å²) in [5, 5.41) is 17.5. The summed E-state index contributed by atoms with van der Waals surface area (Å²) in [4.78, 5) is 2.26. The van der Waals surface area contributed by atoms with E-state index in [1.807, 2.05) is 0 Å². The van der Waals surface area contributed by atoms with Crippen LogP contribution in [-0.2, 0) is 11.2 Å². The number of hydrogen-bond acceptors (Lipinski definition) is 5. The zero-order valence-corrected chi connectivity index (χ0v) is 11.5. The summed E-state index contributed by atoms with van der Waals surface area (Å²) in [5.41, 5.74) is 1.37. The molecule has 0 aromatic carbocycles. The van der Waals surface area contributed by atoms with Crippen molar-refractivity contribution in [2.24, 2.45) is 0 Å². The van der Waals surface area contributed by atoms with Crippen LogP contribution < -0.4 is 5.32 Å². The number of morpholine rings is 1. The highest BCUT2D eigenvalue weighted by atomic mass is 32.1. The number of rotatable bonds is 7. The van der Waals surface area contributed by atoms with Crippen molar-refractivity contribution in [1.82, 2.24) is 10.2 Å². The minimum absolute atomic E-state index is 0.287. The number of nitrogens with zero attached hydrogens (tertiary/aromatic N) is 1. The molecule has 0 aliphatic carbocycles. The van der Waals surface area contributed by atoms with Gasteiger partial charge in [-0.05, 0) is 35.4 Å². The van der Waals surface area contributed by atoms with Gasteiger partial charge >= 0.3 is 0 Å². The van der Waals surface area contributed by atoms with Gasteiger partial charge in [0.1, 0.15) is 0 Å². The molecule has 1 aliphatic heterocycles. The minimum Gasteiger partial charge on any atom is -0.390 e. The average molecular weight is 270 g/mol. The molecule has 1 fully saturated rings. The second-order valence-corrected chi connectivity index (χ2v) is 5.43. The number of ether oxygens (including phenoxy) is 1. The van der Waals surface area contributed by atoms with Crippen LogP contribution in [-0.4, -0.2) is 62.0 Å². The monoisotopic (exact) mass is 270 g/mol. The average Bonchev–Trinajstić information content (AvgIpc) is 2.89.